The first kappa shape index (κ1) is 20.5. The fourth-order valence-corrected chi connectivity index (χ4v) is 2.71. The molecule has 0 N–H and O–H groups in total. The van der Waals surface area contributed by atoms with E-state index in [1.54, 1.807) is 6.20 Å². The molecule has 5 nitrogen and oxygen atoms in total. The molecule has 0 radical (unpaired) electrons. The van der Waals surface area contributed by atoms with Crippen LogP contribution in [0.15, 0.2) is 47.8 Å². The first-order valence-electron chi connectivity index (χ1n) is 9.02. The normalized spacial score (nSPS) is 12.9. The molecule has 27 heavy (non-hydrogen) atoms. The highest BCUT2D eigenvalue weighted by atomic mass is 16.6. The maximum absolute atomic E-state index is 6.20. The van der Waals surface area contributed by atoms with Gasteiger partial charge in [-0.05, 0) is 70.0 Å². The van der Waals surface area contributed by atoms with Gasteiger partial charge in [0.15, 0.2) is 0 Å². The number of hydrogen-bond donors (Lipinski definition) is 0. The van der Waals surface area contributed by atoms with E-state index in [2.05, 4.69) is 10.1 Å². The molecule has 1 aromatic carbocycles. The van der Waals surface area contributed by atoms with E-state index in [0.29, 0.717) is 6.61 Å². The van der Waals surface area contributed by atoms with Gasteiger partial charge in [-0.25, -0.2) is 0 Å². The summed E-state index contributed by atoms with van der Waals surface area (Å²) < 4.78 is 11.9. The molecule has 0 aliphatic heterocycles. The van der Waals surface area contributed by atoms with Crippen LogP contribution < -0.4 is 9.47 Å². The van der Waals surface area contributed by atoms with Crippen molar-refractivity contribution in [2.24, 2.45) is 5.16 Å². The molecule has 144 valence electrons. The first-order valence-corrected chi connectivity index (χ1v) is 9.02. The number of allylic oxidation sites excluding steroid dienone is 1. The Balaban J connectivity index is 2.13. The highest BCUT2D eigenvalue weighted by Gasteiger charge is 2.14. The summed E-state index contributed by atoms with van der Waals surface area (Å²) in [7, 11) is 1.53. The van der Waals surface area contributed by atoms with E-state index in [0.717, 1.165) is 39.6 Å². The summed E-state index contributed by atoms with van der Waals surface area (Å²) in [5.41, 5.74) is 4.64. The van der Waals surface area contributed by atoms with Crippen molar-refractivity contribution in [1.29, 1.82) is 0 Å². The number of nitrogens with zero attached hydrogens (tertiary/aromatic N) is 2. The van der Waals surface area contributed by atoms with Gasteiger partial charge in [-0.3, -0.25) is 4.98 Å². The van der Waals surface area contributed by atoms with Crippen LogP contribution in [0.2, 0.25) is 0 Å². The molecule has 0 saturated heterocycles. The van der Waals surface area contributed by atoms with E-state index in [-0.39, 0.29) is 6.10 Å². The standard InChI is InChI=1S/C22H28N2O3/c1-7-8-11-26-20-12-15(2)22(16(3)13-20)27-18(5)21-10-9-19(14-23-21)17(4)24-25-6/h7-10,12-14,18H,11H2,1-6H3/b8-7+,24-17?. The molecule has 0 amide bonds. The Kier molecular flexibility index (Phi) is 7.41. The van der Waals surface area contributed by atoms with Gasteiger partial charge in [0.25, 0.3) is 0 Å². The van der Waals surface area contributed by atoms with Crippen molar-refractivity contribution in [3.05, 3.63) is 65.0 Å². The number of rotatable bonds is 8. The van der Waals surface area contributed by atoms with E-state index >= 15 is 0 Å². The van der Waals surface area contributed by atoms with Crippen molar-refractivity contribution in [3.63, 3.8) is 0 Å². The van der Waals surface area contributed by atoms with Gasteiger partial charge in [-0.15, -0.1) is 0 Å². The van der Waals surface area contributed by atoms with Crippen molar-refractivity contribution in [2.75, 3.05) is 13.7 Å². The highest BCUT2D eigenvalue weighted by Crippen LogP contribution is 2.31. The summed E-state index contributed by atoms with van der Waals surface area (Å²) in [5.74, 6) is 1.71. The second-order valence-corrected chi connectivity index (χ2v) is 6.36. The van der Waals surface area contributed by atoms with Gasteiger partial charge < -0.3 is 14.3 Å². The molecule has 0 bridgehead atoms. The minimum absolute atomic E-state index is 0.175. The lowest BCUT2D eigenvalue weighted by atomic mass is 10.1. The molecular weight excluding hydrogens is 340 g/mol. The van der Waals surface area contributed by atoms with Gasteiger partial charge in [0.05, 0.1) is 11.4 Å². The maximum atomic E-state index is 6.20. The molecule has 0 aliphatic carbocycles. The minimum Gasteiger partial charge on any atom is -0.490 e. The Bertz CT molecular complexity index is 788. The Labute approximate surface area is 161 Å². The van der Waals surface area contributed by atoms with Crippen LogP contribution in [0.25, 0.3) is 0 Å². The number of aromatic nitrogens is 1. The molecular formula is C22H28N2O3. The van der Waals surface area contributed by atoms with Gasteiger partial charge in [0, 0.05) is 11.8 Å². The fraction of sp³-hybridized carbons (Fsp3) is 0.364. The third-order valence-corrected chi connectivity index (χ3v) is 4.16. The summed E-state index contributed by atoms with van der Waals surface area (Å²) >= 11 is 0. The monoisotopic (exact) mass is 368 g/mol. The van der Waals surface area contributed by atoms with Crippen LogP contribution in [0.5, 0.6) is 11.5 Å². The van der Waals surface area contributed by atoms with Crippen LogP contribution in [0.4, 0.5) is 0 Å². The van der Waals surface area contributed by atoms with Crippen LogP contribution in [0.3, 0.4) is 0 Å². The number of oxime groups is 1. The van der Waals surface area contributed by atoms with E-state index in [4.69, 9.17) is 14.3 Å². The molecule has 5 heteroatoms. The Hall–Kier alpha value is -2.82. The maximum Gasteiger partial charge on any atom is 0.138 e. The lowest BCUT2D eigenvalue weighted by Crippen LogP contribution is -2.08. The minimum atomic E-state index is -0.175. The van der Waals surface area contributed by atoms with Crippen LogP contribution in [0, 0.1) is 13.8 Å². The summed E-state index contributed by atoms with van der Waals surface area (Å²) in [5, 5.41) is 3.92. The summed E-state index contributed by atoms with van der Waals surface area (Å²) in [4.78, 5) is 9.31. The Morgan fingerprint density at radius 2 is 1.93 bits per heavy atom. The lowest BCUT2D eigenvalue weighted by Gasteiger charge is -2.19. The average Bonchev–Trinajstić information content (AvgIpc) is 2.65. The van der Waals surface area contributed by atoms with Crippen molar-refractivity contribution in [2.45, 2.75) is 40.7 Å². The fourth-order valence-electron chi connectivity index (χ4n) is 2.71. The predicted octanol–water partition coefficient (Wildman–Crippen LogP) is 5.16. The predicted molar refractivity (Wildman–Crippen MR) is 109 cm³/mol. The van der Waals surface area contributed by atoms with E-state index in [1.165, 1.54) is 7.11 Å². The molecule has 1 aromatic heterocycles. The molecule has 2 rings (SSSR count). The van der Waals surface area contributed by atoms with Crippen molar-refractivity contribution < 1.29 is 14.3 Å². The Morgan fingerprint density at radius 3 is 2.48 bits per heavy atom. The largest absolute Gasteiger partial charge is 0.490 e. The van der Waals surface area contributed by atoms with Crippen LogP contribution in [0.1, 0.15) is 49.3 Å². The average molecular weight is 368 g/mol. The number of pyridine rings is 1. The topological polar surface area (TPSA) is 52.9 Å². The molecule has 0 spiro atoms. The smallest absolute Gasteiger partial charge is 0.138 e. The third kappa shape index (κ3) is 5.58. The molecule has 1 heterocycles. The zero-order valence-corrected chi connectivity index (χ0v) is 16.9. The lowest BCUT2D eigenvalue weighted by molar-refractivity contribution is 0.213. The SMILES string of the molecule is C/C=C/COc1cc(C)c(OC(C)c2ccc(C(C)=NOC)cn2)c(C)c1. The molecule has 1 unspecified atom stereocenters. The summed E-state index contributed by atoms with van der Waals surface area (Å²) in [6.07, 6.45) is 5.56. The van der Waals surface area contributed by atoms with Gasteiger partial charge in [-0.1, -0.05) is 17.3 Å². The first-order chi connectivity index (χ1) is 13.0. The molecule has 0 fully saturated rings. The number of hydrogen-bond acceptors (Lipinski definition) is 5. The van der Waals surface area contributed by atoms with Crippen molar-refractivity contribution in [3.8, 4) is 11.5 Å². The molecule has 0 aliphatic rings. The van der Waals surface area contributed by atoms with Gasteiger partial charge in [0.2, 0.25) is 0 Å². The molecule has 0 saturated carbocycles. The summed E-state index contributed by atoms with van der Waals surface area (Å²) in [6.45, 7) is 10.5. The van der Waals surface area contributed by atoms with Gasteiger partial charge in [-0.2, -0.15) is 0 Å². The third-order valence-electron chi connectivity index (χ3n) is 4.16. The van der Waals surface area contributed by atoms with E-state index in [1.807, 2.05) is 71.0 Å². The molecule has 1 atom stereocenters. The van der Waals surface area contributed by atoms with Crippen LogP contribution >= 0.6 is 0 Å². The van der Waals surface area contributed by atoms with Gasteiger partial charge >= 0.3 is 0 Å². The highest BCUT2D eigenvalue weighted by molar-refractivity contribution is 5.97. The zero-order chi connectivity index (χ0) is 19.8. The number of aryl methyl sites for hydroxylation is 2. The quantitative estimate of drug-likeness (QED) is 0.367. The van der Waals surface area contributed by atoms with Gasteiger partial charge in [0.1, 0.15) is 31.3 Å². The second kappa shape index (κ2) is 9.76. The van der Waals surface area contributed by atoms with Crippen molar-refractivity contribution in [1.82, 2.24) is 4.98 Å². The van der Waals surface area contributed by atoms with E-state index in [9.17, 15) is 0 Å². The molecule has 2 aromatic rings. The number of ether oxygens (including phenoxy) is 2. The number of benzene rings is 1. The zero-order valence-electron chi connectivity index (χ0n) is 16.9. The van der Waals surface area contributed by atoms with Crippen LogP contribution in [-0.4, -0.2) is 24.4 Å². The van der Waals surface area contributed by atoms with E-state index < -0.39 is 0 Å². The van der Waals surface area contributed by atoms with Crippen LogP contribution in [-0.2, 0) is 4.84 Å². The van der Waals surface area contributed by atoms with Crippen molar-refractivity contribution >= 4 is 5.71 Å². The Morgan fingerprint density at radius 1 is 1.22 bits per heavy atom. The second-order valence-electron chi connectivity index (χ2n) is 6.36. The summed E-state index contributed by atoms with van der Waals surface area (Å²) in [6, 6.07) is 7.92.